The molecule has 0 saturated heterocycles. The Morgan fingerprint density at radius 2 is 1.26 bits per heavy atom. The van der Waals surface area contributed by atoms with Gasteiger partial charge in [0.15, 0.2) is 0 Å². The lowest BCUT2D eigenvalue weighted by molar-refractivity contribution is -0.137. The van der Waals surface area contributed by atoms with Crippen molar-refractivity contribution >= 4 is 47.1 Å². The third kappa shape index (κ3) is 7.77. The first-order valence-corrected chi connectivity index (χ1v) is 15.6. The number of rotatable bonds is 8. The van der Waals surface area contributed by atoms with E-state index in [1.54, 1.807) is 61.5 Å². The minimum Gasteiger partial charge on any atom is -0.462 e. The number of ether oxygens (including phenoxy) is 2. The number of hydrogen-bond acceptors (Lipinski definition) is 7. The molecule has 2 amide bonds. The lowest BCUT2D eigenvalue weighted by Crippen LogP contribution is -2.40. The number of aromatic nitrogens is 1. The molecule has 1 aromatic heterocycles. The number of benzene rings is 2. The molecule has 3 aromatic rings. The summed E-state index contributed by atoms with van der Waals surface area (Å²) >= 11 is 0. The van der Waals surface area contributed by atoms with Gasteiger partial charge in [-0.1, -0.05) is 102 Å². The Kier molecular flexibility index (Phi) is 10.3. The van der Waals surface area contributed by atoms with Gasteiger partial charge in [-0.3, -0.25) is 9.59 Å². The minimum atomic E-state index is -0.781. The third-order valence-corrected chi connectivity index (χ3v) is 7.20. The number of amides is 2. The van der Waals surface area contributed by atoms with E-state index in [2.05, 4.69) is 15.6 Å². The number of esters is 2. The maximum atomic E-state index is 13.5. The topological polar surface area (TPSA) is 139 Å². The number of carbonyl (C=O) groups is 4. The average molecular weight is 639 g/mol. The number of aliphatic imine (C=N–C) groups is 1. The number of amidine groups is 1. The van der Waals surface area contributed by atoms with Crippen LogP contribution in [0.2, 0.25) is 0 Å². The van der Waals surface area contributed by atoms with Crippen LogP contribution in [-0.4, -0.2) is 47.8 Å². The highest BCUT2D eigenvalue weighted by Gasteiger charge is 2.35. The van der Waals surface area contributed by atoms with E-state index in [1.807, 2.05) is 60.7 Å². The summed E-state index contributed by atoms with van der Waals surface area (Å²) in [6.45, 7) is 14.2. The number of H-pyrrole nitrogens is 1. The Morgan fingerprint density at radius 1 is 0.745 bits per heavy atom. The van der Waals surface area contributed by atoms with Crippen LogP contribution >= 0.6 is 0 Å². The Morgan fingerprint density at radius 3 is 1.79 bits per heavy atom. The zero-order chi connectivity index (χ0) is 34.5. The molecule has 10 nitrogen and oxygen atoms in total. The number of nitrogens with one attached hydrogen (secondary N) is 3. The predicted molar refractivity (Wildman–Crippen MR) is 183 cm³/mol. The van der Waals surface area contributed by atoms with Crippen LogP contribution in [0.1, 0.15) is 77.0 Å². The summed E-state index contributed by atoms with van der Waals surface area (Å²) in [5.41, 5.74) is 1.66. The van der Waals surface area contributed by atoms with Crippen LogP contribution < -0.4 is 10.6 Å². The van der Waals surface area contributed by atoms with Crippen LogP contribution in [0.5, 0.6) is 0 Å². The van der Waals surface area contributed by atoms with Crippen molar-refractivity contribution in [2.75, 3.05) is 18.5 Å². The van der Waals surface area contributed by atoms with Crippen molar-refractivity contribution in [2.45, 2.75) is 55.4 Å². The second-order valence-corrected chi connectivity index (χ2v) is 13.0. The molecule has 0 aliphatic carbocycles. The molecule has 10 heteroatoms. The number of hydrogen-bond donors (Lipinski definition) is 3. The molecule has 3 N–H and O–H groups in total. The normalized spacial score (nSPS) is 14.1. The van der Waals surface area contributed by atoms with E-state index in [-0.39, 0.29) is 47.8 Å². The van der Waals surface area contributed by atoms with Crippen LogP contribution in [-0.2, 0) is 23.9 Å². The van der Waals surface area contributed by atoms with E-state index < -0.39 is 22.8 Å². The Bertz CT molecular complexity index is 1770. The first-order chi connectivity index (χ1) is 22.2. The zero-order valence-electron chi connectivity index (χ0n) is 28.2. The van der Waals surface area contributed by atoms with E-state index in [0.717, 1.165) is 0 Å². The van der Waals surface area contributed by atoms with E-state index in [1.165, 1.54) is 0 Å². The van der Waals surface area contributed by atoms with Gasteiger partial charge in [0.05, 0.1) is 24.6 Å². The molecule has 1 aliphatic heterocycles. The first kappa shape index (κ1) is 34.6. The molecule has 0 bridgehead atoms. The molecule has 2 heterocycles. The van der Waals surface area contributed by atoms with Crippen molar-refractivity contribution in [3.05, 3.63) is 88.8 Å². The average Bonchev–Trinajstić information content (AvgIpc) is 3.55. The molecular weight excluding hydrogens is 596 g/mol. The highest BCUT2D eigenvalue weighted by Crippen LogP contribution is 2.40. The number of aromatic amines is 1. The number of allylic oxidation sites excluding steroid dienone is 1. The molecule has 246 valence electrons. The van der Waals surface area contributed by atoms with Crippen LogP contribution in [0.3, 0.4) is 0 Å². The molecule has 2 aromatic carbocycles. The van der Waals surface area contributed by atoms with Crippen molar-refractivity contribution in [3.8, 4) is 11.1 Å². The quantitative estimate of drug-likeness (QED) is 0.233. The Hall–Kier alpha value is -5.25. The number of carbonyl (C=O) groups excluding carboxylic acids is 4. The smallest absolute Gasteiger partial charge is 0.342 e. The minimum absolute atomic E-state index is 0.0492. The van der Waals surface area contributed by atoms with Gasteiger partial charge in [0, 0.05) is 22.0 Å². The van der Waals surface area contributed by atoms with Crippen LogP contribution in [0.15, 0.2) is 76.9 Å². The summed E-state index contributed by atoms with van der Waals surface area (Å²) < 4.78 is 10.9. The molecule has 0 fully saturated rings. The van der Waals surface area contributed by atoms with Gasteiger partial charge in [-0.2, -0.15) is 0 Å². The highest BCUT2D eigenvalue weighted by atomic mass is 16.5. The van der Waals surface area contributed by atoms with Gasteiger partial charge in [-0.15, -0.1) is 0 Å². The molecule has 0 atom stereocenters. The van der Waals surface area contributed by atoms with Gasteiger partial charge < -0.3 is 25.1 Å². The first-order valence-electron chi connectivity index (χ1n) is 15.6. The van der Waals surface area contributed by atoms with Crippen molar-refractivity contribution in [1.29, 1.82) is 0 Å². The second kappa shape index (κ2) is 14.0. The Balaban J connectivity index is 2.07. The summed E-state index contributed by atoms with van der Waals surface area (Å²) in [4.78, 5) is 61.5. The van der Waals surface area contributed by atoms with Crippen molar-refractivity contribution < 1.29 is 28.7 Å². The van der Waals surface area contributed by atoms with E-state index in [4.69, 9.17) is 14.5 Å². The molecule has 47 heavy (non-hydrogen) atoms. The summed E-state index contributed by atoms with van der Waals surface area (Å²) in [6, 6.07) is 18.4. The fraction of sp³-hybridized carbons (Fsp3) is 0.324. The summed E-state index contributed by atoms with van der Waals surface area (Å²) in [7, 11) is 0. The number of nitrogens with zero attached hydrogens (tertiary/aromatic N) is 1. The molecular formula is C37H42N4O6. The maximum absolute atomic E-state index is 13.5. The largest absolute Gasteiger partial charge is 0.462 e. The Labute approximate surface area is 275 Å². The van der Waals surface area contributed by atoms with E-state index >= 15 is 0 Å². The standard InChI is InChI=1S/C37H42N4O6/c1-9-46-32(42)28-26(22-17-13-11-14-18-22)24(38-30(28)40-34(44)36(3,4)5)21-25-27(23-19-15-12-16-20-23)29(33(43)47-10-2)31(39-25)41-35(45)37(6,7)8/h11-21,38H,9-10H2,1-8H3,(H,40,44)(H,39,41,45). The molecule has 0 saturated carbocycles. The zero-order valence-corrected chi connectivity index (χ0v) is 28.2. The molecule has 0 spiro atoms. The molecule has 1 aliphatic rings. The van der Waals surface area contributed by atoms with Gasteiger partial charge in [-0.25, -0.2) is 14.6 Å². The monoisotopic (exact) mass is 638 g/mol. The predicted octanol–water partition coefficient (Wildman–Crippen LogP) is 6.78. The molecule has 4 rings (SSSR count). The van der Waals surface area contributed by atoms with Crippen molar-refractivity contribution in [1.82, 2.24) is 10.3 Å². The summed E-state index contributed by atoms with van der Waals surface area (Å²) in [5.74, 6) is -1.73. The lowest BCUT2D eigenvalue weighted by Gasteiger charge is -2.18. The van der Waals surface area contributed by atoms with Gasteiger partial charge in [-0.05, 0) is 31.1 Å². The van der Waals surface area contributed by atoms with Crippen LogP contribution in [0, 0.1) is 10.8 Å². The van der Waals surface area contributed by atoms with E-state index in [9.17, 15) is 19.2 Å². The number of anilines is 1. The fourth-order valence-electron chi connectivity index (χ4n) is 4.74. The summed E-state index contributed by atoms with van der Waals surface area (Å²) in [6.07, 6.45) is 1.69. The SMILES string of the molecule is CCOC(=O)C1=C(c2ccccc2)C(=Cc2[nH]c(NC(=O)C(C)(C)C)c(C(=O)OCC)c2-c2ccccc2)N=C1NC(=O)C(C)(C)C. The van der Waals surface area contributed by atoms with Gasteiger partial charge >= 0.3 is 11.9 Å². The van der Waals surface area contributed by atoms with Crippen molar-refractivity contribution in [3.63, 3.8) is 0 Å². The second-order valence-electron chi connectivity index (χ2n) is 13.0. The lowest BCUT2D eigenvalue weighted by atomic mass is 9.94. The van der Waals surface area contributed by atoms with Gasteiger partial charge in [0.1, 0.15) is 22.8 Å². The molecule has 0 unspecified atom stereocenters. The third-order valence-electron chi connectivity index (χ3n) is 7.20. The van der Waals surface area contributed by atoms with Crippen molar-refractivity contribution in [2.24, 2.45) is 15.8 Å². The molecule has 0 radical (unpaired) electrons. The maximum Gasteiger partial charge on any atom is 0.342 e. The van der Waals surface area contributed by atoms with E-state index in [0.29, 0.717) is 33.7 Å². The van der Waals surface area contributed by atoms with Gasteiger partial charge in [0.2, 0.25) is 11.8 Å². The summed E-state index contributed by atoms with van der Waals surface area (Å²) in [5, 5.41) is 5.71. The van der Waals surface area contributed by atoms with Crippen LogP contribution in [0.25, 0.3) is 22.8 Å². The van der Waals surface area contributed by atoms with Crippen LogP contribution in [0.4, 0.5) is 5.82 Å². The van der Waals surface area contributed by atoms with Gasteiger partial charge in [0.25, 0.3) is 0 Å². The fourth-order valence-corrected chi connectivity index (χ4v) is 4.74. The highest BCUT2D eigenvalue weighted by molar-refractivity contribution is 6.31.